The fourth-order valence-corrected chi connectivity index (χ4v) is 2.37. The molecule has 2 nitrogen and oxygen atoms in total. The van der Waals surface area contributed by atoms with Gasteiger partial charge in [-0.3, -0.25) is 4.90 Å². The van der Waals surface area contributed by atoms with Crippen molar-refractivity contribution in [1.82, 2.24) is 4.90 Å². The Kier molecular flexibility index (Phi) is 4.22. The summed E-state index contributed by atoms with van der Waals surface area (Å²) in [6, 6.07) is 10.5. The molecule has 0 N–H and O–H groups in total. The van der Waals surface area contributed by atoms with E-state index in [-0.39, 0.29) is 12.2 Å². The third-order valence-corrected chi connectivity index (χ3v) is 3.17. The number of morpholine rings is 1. The molecule has 2 atom stereocenters. The number of hydrogen-bond donors (Lipinski definition) is 0. The molecule has 3 heteroatoms. The van der Waals surface area contributed by atoms with Crippen LogP contribution in [-0.2, 0) is 11.3 Å². The minimum atomic E-state index is 0.175. The molecule has 0 radical (unpaired) electrons. The van der Waals surface area contributed by atoms with E-state index in [1.165, 1.54) is 5.56 Å². The molecule has 1 aromatic carbocycles. The Balaban J connectivity index is 1.94. The zero-order chi connectivity index (χ0) is 11.4. The van der Waals surface area contributed by atoms with Crippen LogP contribution in [0, 0.1) is 0 Å². The first-order valence-electron chi connectivity index (χ1n) is 5.75. The summed E-state index contributed by atoms with van der Waals surface area (Å²) >= 11 is 5.86. The highest BCUT2D eigenvalue weighted by Gasteiger charge is 2.24. The molecule has 0 saturated carbocycles. The summed E-state index contributed by atoms with van der Waals surface area (Å²) in [5.74, 6) is 0.579. The average molecular weight is 240 g/mol. The molecule has 1 aliphatic heterocycles. The molecule has 1 aromatic rings. The Bertz CT molecular complexity index is 317. The minimum absolute atomic E-state index is 0.175. The maximum Gasteiger partial charge on any atom is 0.0841 e. The van der Waals surface area contributed by atoms with Crippen molar-refractivity contribution in [1.29, 1.82) is 0 Å². The third-order valence-electron chi connectivity index (χ3n) is 2.82. The number of ether oxygens (including phenoxy) is 1. The lowest BCUT2D eigenvalue weighted by Crippen LogP contribution is -2.46. The quantitative estimate of drug-likeness (QED) is 0.752. The molecule has 88 valence electrons. The Labute approximate surface area is 102 Å². The SMILES string of the molecule is C[C@H]1CN(Cc2ccccc2)C[C@H](CCl)O1. The van der Waals surface area contributed by atoms with Crippen LogP contribution in [0.3, 0.4) is 0 Å². The molecule has 0 unspecified atom stereocenters. The van der Waals surface area contributed by atoms with E-state index in [0.717, 1.165) is 19.6 Å². The van der Waals surface area contributed by atoms with Gasteiger partial charge in [-0.25, -0.2) is 0 Å². The van der Waals surface area contributed by atoms with Crippen LogP contribution in [0.4, 0.5) is 0 Å². The van der Waals surface area contributed by atoms with Gasteiger partial charge in [0.25, 0.3) is 0 Å². The highest BCUT2D eigenvalue weighted by Crippen LogP contribution is 2.15. The fourth-order valence-electron chi connectivity index (χ4n) is 2.20. The van der Waals surface area contributed by atoms with Crippen molar-refractivity contribution >= 4 is 11.6 Å². The zero-order valence-corrected chi connectivity index (χ0v) is 10.4. The summed E-state index contributed by atoms with van der Waals surface area (Å²) < 4.78 is 5.73. The van der Waals surface area contributed by atoms with Gasteiger partial charge >= 0.3 is 0 Å². The second-order valence-electron chi connectivity index (χ2n) is 4.40. The first-order chi connectivity index (χ1) is 7.78. The molecular formula is C13H18ClNO. The molecule has 0 aliphatic carbocycles. The van der Waals surface area contributed by atoms with Gasteiger partial charge in [-0.15, -0.1) is 11.6 Å². The van der Waals surface area contributed by atoms with Gasteiger partial charge in [-0.1, -0.05) is 30.3 Å². The van der Waals surface area contributed by atoms with Crippen molar-refractivity contribution in [3.8, 4) is 0 Å². The monoisotopic (exact) mass is 239 g/mol. The van der Waals surface area contributed by atoms with E-state index in [2.05, 4.69) is 36.1 Å². The maximum atomic E-state index is 5.86. The molecule has 16 heavy (non-hydrogen) atoms. The van der Waals surface area contributed by atoms with Gasteiger partial charge < -0.3 is 4.74 Å². The van der Waals surface area contributed by atoms with Gasteiger partial charge in [0.1, 0.15) is 0 Å². The van der Waals surface area contributed by atoms with E-state index in [1.807, 2.05) is 6.07 Å². The number of alkyl halides is 1. The molecule has 0 spiro atoms. The van der Waals surface area contributed by atoms with E-state index < -0.39 is 0 Å². The molecular weight excluding hydrogens is 222 g/mol. The summed E-state index contributed by atoms with van der Waals surface area (Å²) in [5.41, 5.74) is 1.35. The van der Waals surface area contributed by atoms with Crippen LogP contribution in [0.1, 0.15) is 12.5 Å². The predicted octanol–water partition coefficient (Wildman–Crippen LogP) is 2.51. The molecule has 0 aromatic heterocycles. The van der Waals surface area contributed by atoms with E-state index >= 15 is 0 Å². The van der Waals surface area contributed by atoms with Gasteiger partial charge in [0, 0.05) is 25.5 Å². The van der Waals surface area contributed by atoms with Crippen LogP contribution < -0.4 is 0 Å². The predicted molar refractivity (Wildman–Crippen MR) is 66.8 cm³/mol. The average Bonchev–Trinajstić information content (AvgIpc) is 2.29. The van der Waals surface area contributed by atoms with E-state index in [9.17, 15) is 0 Å². The van der Waals surface area contributed by atoms with Crippen molar-refractivity contribution in [2.24, 2.45) is 0 Å². The van der Waals surface area contributed by atoms with Crippen LogP contribution in [0.25, 0.3) is 0 Å². The Morgan fingerprint density at radius 3 is 2.75 bits per heavy atom. The topological polar surface area (TPSA) is 12.5 Å². The number of halogens is 1. The van der Waals surface area contributed by atoms with Crippen molar-refractivity contribution in [2.45, 2.75) is 25.7 Å². The largest absolute Gasteiger partial charge is 0.371 e. The van der Waals surface area contributed by atoms with Gasteiger partial charge in [0.2, 0.25) is 0 Å². The Morgan fingerprint density at radius 2 is 2.06 bits per heavy atom. The van der Waals surface area contributed by atoms with Crippen LogP contribution in [-0.4, -0.2) is 36.1 Å². The van der Waals surface area contributed by atoms with E-state index in [1.54, 1.807) is 0 Å². The number of benzene rings is 1. The molecule has 2 rings (SSSR count). The molecule has 1 fully saturated rings. The smallest absolute Gasteiger partial charge is 0.0841 e. The van der Waals surface area contributed by atoms with Crippen LogP contribution in [0.2, 0.25) is 0 Å². The molecule has 0 amide bonds. The Morgan fingerprint density at radius 1 is 1.31 bits per heavy atom. The van der Waals surface area contributed by atoms with Crippen molar-refractivity contribution < 1.29 is 4.74 Å². The van der Waals surface area contributed by atoms with Gasteiger partial charge in [0.15, 0.2) is 0 Å². The van der Waals surface area contributed by atoms with Gasteiger partial charge in [0.05, 0.1) is 12.2 Å². The first kappa shape index (κ1) is 11.9. The summed E-state index contributed by atoms with van der Waals surface area (Å²) in [6.07, 6.45) is 0.454. The lowest BCUT2D eigenvalue weighted by molar-refractivity contribution is -0.0688. The molecule has 1 saturated heterocycles. The second kappa shape index (κ2) is 5.67. The van der Waals surface area contributed by atoms with Crippen LogP contribution in [0.5, 0.6) is 0 Å². The summed E-state index contributed by atoms with van der Waals surface area (Å²) in [4.78, 5) is 2.41. The van der Waals surface area contributed by atoms with E-state index in [4.69, 9.17) is 16.3 Å². The highest BCUT2D eigenvalue weighted by molar-refractivity contribution is 6.18. The molecule has 0 bridgehead atoms. The Hall–Kier alpha value is -0.570. The van der Waals surface area contributed by atoms with Gasteiger partial charge in [-0.2, -0.15) is 0 Å². The first-order valence-corrected chi connectivity index (χ1v) is 6.29. The molecule has 1 heterocycles. The van der Waals surface area contributed by atoms with Crippen LogP contribution >= 0.6 is 11.6 Å². The summed E-state index contributed by atoms with van der Waals surface area (Å²) in [6.45, 7) is 5.02. The second-order valence-corrected chi connectivity index (χ2v) is 4.71. The van der Waals surface area contributed by atoms with Crippen molar-refractivity contribution in [3.63, 3.8) is 0 Å². The lowest BCUT2D eigenvalue weighted by Gasteiger charge is -2.36. The number of rotatable bonds is 3. The number of nitrogens with zero attached hydrogens (tertiary/aromatic N) is 1. The molecule has 1 aliphatic rings. The number of hydrogen-bond acceptors (Lipinski definition) is 2. The van der Waals surface area contributed by atoms with Gasteiger partial charge in [-0.05, 0) is 12.5 Å². The van der Waals surface area contributed by atoms with Crippen molar-refractivity contribution in [3.05, 3.63) is 35.9 Å². The summed E-state index contributed by atoms with van der Waals surface area (Å²) in [7, 11) is 0. The lowest BCUT2D eigenvalue weighted by atomic mass is 10.1. The minimum Gasteiger partial charge on any atom is -0.371 e. The van der Waals surface area contributed by atoms with E-state index in [0.29, 0.717) is 5.88 Å². The fraction of sp³-hybridized carbons (Fsp3) is 0.538. The van der Waals surface area contributed by atoms with Crippen LogP contribution in [0.15, 0.2) is 30.3 Å². The zero-order valence-electron chi connectivity index (χ0n) is 9.60. The third kappa shape index (κ3) is 3.21. The highest BCUT2D eigenvalue weighted by atomic mass is 35.5. The van der Waals surface area contributed by atoms with Crippen molar-refractivity contribution in [2.75, 3.05) is 19.0 Å². The standard InChI is InChI=1S/C13H18ClNO/c1-11-8-15(10-13(7-14)16-11)9-12-5-3-2-4-6-12/h2-6,11,13H,7-10H2,1H3/t11-,13-/m0/s1. The maximum absolute atomic E-state index is 5.86. The normalized spacial score (nSPS) is 26.9. The summed E-state index contributed by atoms with van der Waals surface area (Å²) in [5, 5.41) is 0.